The molecule has 0 saturated heterocycles. The van der Waals surface area contributed by atoms with Gasteiger partial charge >= 0.3 is 0 Å². The predicted octanol–water partition coefficient (Wildman–Crippen LogP) is 4.06. The summed E-state index contributed by atoms with van der Waals surface area (Å²) >= 11 is 0. The molecule has 2 N–H and O–H groups in total. The van der Waals surface area contributed by atoms with E-state index in [0.29, 0.717) is 55.1 Å². The summed E-state index contributed by atoms with van der Waals surface area (Å²) in [5.74, 6) is -0.147. The SMILES string of the molecule is CC(C)N(CCNC(=O)C1c2ccc(OCc3ccccc3)cc2CCN1C(=O)[C@H](NS(=O)(=O)N(C)C)c1ccccc1)C(C)C. The van der Waals surface area contributed by atoms with E-state index in [1.165, 1.54) is 19.0 Å². The first kappa shape index (κ1) is 35.1. The summed E-state index contributed by atoms with van der Waals surface area (Å²) < 4.78 is 35.6. The second-order valence-electron chi connectivity index (χ2n) is 12.3. The van der Waals surface area contributed by atoms with Crippen LogP contribution in [0.1, 0.15) is 62.0 Å². The van der Waals surface area contributed by atoms with E-state index in [9.17, 15) is 18.0 Å². The molecule has 0 saturated carbocycles. The minimum atomic E-state index is -3.99. The Bertz CT molecular complexity index is 1560. The van der Waals surface area contributed by atoms with E-state index in [-0.39, 0.29) is 12.5 Å². The van der Waals surface area contributed by atoms with Gasteiger partial charge in [0.1, 0.15) is 24.4 Å². The van der Waals surface area contributed by atoms with Crippen LogP contribution in [0.2, 0.25) is 0 Å². The Labute approximate surface area is 273 Å². The Hall–Kier alpha value is -3.77. The number of nitrogens with one attached hydrogen (secondary N) is 2. The molecule has 248 valence electrons. The third-order valence-electron chi connectivity index (χ3n) is 8.25. The molecule has 1 aliphatic heterocycles. The molecule has 1 heterocycles. The summed E-state index contributed by atoms with van der Waals surface area (Å²) in [5, 5.41) is 3.07. The number of ether oxygens (including phenoxy) is 1. The van der Waals surface area contributed by atoms with Gasteiger partial charge < -0.3 is 15.0 Å². The van der Waals surface area contributed by atoms with E-state index in [1.54, 1.807) is 30.3 Å². The summed E-state index contributed by atoms with van der Waals surface area (Å²) in [6, 6.07) is 22.6. The third kappa shape index (κ3) is 8.73. The van der Waals surface area contributed by atoms with Crippen LogP contribution in [0.15, 0.2) is 78.9 Å². The molecule has 4 rings (SSSR count). The summed E-state index contributed by atoms with van der Waals surface area (Å²) in [7, 11) is -1.19. The van der Waals surface area contributed by atoms with E-state index in [2.05, 4.69) is 42.6 Å². The van der Waals surface area contributed by atoms with Crippen molar-refractivity contribution in [1.82, 2.24) is 24.1 Å². The molecule has 0 fully saturated rings. The van der Waals surface area contributed by atoms with Gasteiger partial charge in [0.15, 0.2) is 0 Å². The molecule has 0 aromatic heterocycles. The number of benzene rings is 3. The van der Waals surface area contributed by atoms with E-state index < -0.39 is 28.2 Å². The van der Waals surface area contributed by atoms with E-state index in [1.807, 2.05) is 48.5 Å². The number of carbonyl (C=O) groups excluding carboxylic acids is 2. The van der Waals surface area contributed by atoms with Crippen molar-refractivity contribution < 1.29 is 22.7 Å². The average molecular weight is 650 g/mol. The van der Waals surface area contributed by atoms with Gasteiger partial charge in [-0.15, -0.1) is 0 Å². The van der Waals surface area contributed by atoms with Crippen molar-refractivity contribution in [2.45, 2.75) is 64.9 Å². The Kier molecular flexibility index (Phi) is 12.0. The van der Waals surface area contributed by atoms with Gasteiger partial charge in [-0.1, -0.05) is 66.7 Å². The molecule has 0 spiro atoms. The lowest BCUT2D eigenvalue weighted by molar-refractivity contribution is -0.142. The van der Waals surface area contributed by atoms with Crippen molar-refractivity contribution >= 4 is 22.0 Å². The number of rotatable bonds is 14. The molecule has 2 amide bonds. The lowest BCUT2D eigenvalue weighted by atomic mass is 9.90. The minimum Gasteiger partial charge on any atom is -0.489 e. The van der Waals surface area contributed by atoms with Crippen LogP contribution in [0.4, 0.5) is 0 Å². The quantitative estimate of drug-likeness (QED) is 0.273. The van der Waals surface area contributed by atoms with Crippen LogP contribution < -0.4 is 14.8 Å². The molecule has 2 atom stereocenters. The van der Waals surface area contributed by atoms with Gasteiger partial charge in [-0.3, -0.25) is 14.5 Å². The topological polar surface area (TPSA) is 111 Å². The van der Waals surface area contributed by atoms with Gasteiger partial charge in [0.25, 0.3) is 10.2 Å². The molecule has 10 nitrogen and oxygen atoms in total. The number of nitrogens with zero attached hydrogens (tertiary/aromatic N) is 3. The van der Waals surface area contributed by atoms with Crippen molar-refractivity contribution in [3.8, 4) is 5.75 Å². The zero-order valence-electron chi connectivity index (χ0n) is 27.6. The second kappa shape index (κ2) is 15.7. The molecule has 0 bridgehead atoms. The highest BCUT2D eigenvalue weighted by molar-refractivity contribution is 7.87. The summed E-state index contributed by atoms with van der Waals surface area (Å²) in [6.07, 6.45) is 0.476. The summed E-state index contributed by atoms with van der Waals surface area (Å²) in [5.41, 5.74) is 3.12. The van der Waals surface area contributed by atoms with E-state index in [0.717, 1.165) is 15.4 Å². The number of fused-ring (bicyclic) bond motifs is 1. The Morgan fingerprint density at radius 1 is 0.935 bits per heavy atom. The summed E-state index contributed by atoms with van der Waals surface area (Å²) in [6.45, 7) is 10.2. The largest absolute Gasteiger partial charge is 0.489 e. The normalized spacial score (nSPS) is 15.7. The number of hydrogen-bond acceptors (Lipinski definition) is 6. The minimum absolute atomic E-state index is 0.225. The van der Waals surface area contributed by atoms with Gasteiger partial charge in [-0.25, -0.2) is 0 Å². The van der Waals surface area contributed by atoms with E-state index in [4.69, 9.17) is 4.74 Å². The monoisotopic (exact) mass is 649 g/mol. The van der Waals surface area contributed by atoms with Crippen LogP contribution >= 0.6 is 0 Å². The number of hydrogen-bond donors (Lipinski definition) is 2. The molecule has 3 aromatic carbocycles. The van der Waals surface area contributed by atoms with Gasteiger partial charge in [0.2, 0.25) is 11.8 Å². The third-order valence-corrected chi connectivity index (χ3v) is 9.74. The molecule has 1 aliphatic rings. The maximum absolute atomic E-state index is 14.4. The zero-order chi connectivity index (χ0) is 33.4. The van der Waals surface area contributed by atoms with Crippen molar-refractivity contribution in [1.29, 1.82) is 0 Å². The second-order valence-corrected chi connectivity index (χ2v) is 14.2. The highest BCUT2D eigenvalue weighted by Crippen LogP contribution is 2.35. The molecule has 1 unspecified atom stereocenters. The van der Waals surface area contributed by atoms with Crippen LogP contribution in [0, 0.1) is 0 Å². The number of amides is 2. The molecule has 11 heteroatoms. The first-order valence-corrected chi connectivity index (χ1v) is 17.2. The smallest absolute Gasteiger partial charge is 0.279 e. The zero-order valence-corrected chi connectivity index (χ0v) is 28.5. The van der Waals surface area contributed by atoms with Crippen LogP contribution in [0.3, 0.4) is 0 Å². The standard InChI is InChI=1S/C35H47N5O5S/c1-25(2)39(26(3)4)22-20-36-34(41)33-31-18-17-30(45-24-27-13-9-7-10-14-27)23-29(31)19-21-40(33)35(42)32(28-15-11-8-12-16-28)37-46(43,44)38(5)6/h7-18,23,25-26,32-33,37H,19-22,24H2,1-6H3,(H,36,41)/t32-,33?/m1/s1. The number of carbonyl (C=O) groups is 2. The maximum Gasteiger partial charge on any atom is 0.279 e. The van der Waals surface area contributed by atoms with Crippen molar-refractivity contribution in [2.75, 3.05) is 33.7 Å². The summed E-state index contributed by atoms with van der Waals surface area (Å²) in [4.78, 5) is 32.2. The first-order chi connectivity index (χ1) is 21.9. The molecule has 0 radical (unpaired) electrons. The fourth-order valence-electron chi connectivity index (χ4n) is 5.80. The lowest BCUT2D eigenvalue weighted by Crippen LogP contribution is -2.52. The van der Waals surface area contributed by atoms with Gasteiger partial charge in [-0.2, -0.15) is 17.4 Å². The van der Waals surface area contributed by atoms with Crippen molar-refractivity contribution in [2.24, 2.45) is 0 Å². The molecular formula is C35H47N5O5S. The molecule has 3 aromatic rings. The molecule has 46 heavy (non-hydrogen) atoms. The lowest BCUT2D eigenvalue weighted by Gasteiger charge is -2.39. The van der Waals surface area contributed by atoms with Crippen LogP contribution in [0.25, 0.3) is 0 Å². The van der Waals surface area contributed by atoms with Gasteiger partial charge in [-0.05, 0) is 68.5 Å². The van der Waals surface area contributed by atoms with Gasteiger partial charge in [0, 0.05) is 45.8 Å². The fraction of sp³-hybridized carbons (Fsp3) is 0.429. The Morgan fingerprint density at radius 2 is 1.57 bits per heavy atom. The highest BCUT2D eigenvalue weighted by atomic mass is 32.2. The van der Waals surface area contributed by atoms with Gasteiger partial charge in [0.05, 0.1) is 0 Å². The fourth-order valence-corrected chi connectivity index (χ4v) is 6.54. The van der Waals surface area contributed by atoms with Crippen LogP contribution in [0.5, 0.6) is 5.75 Å². The van der Waals surface area contributed by atoms with Crippen LogP contribution in [-0.2, 0) is 32.8 Å². The highest BCUT2D eigenvalue weighted by Gasteiger charge is 2.40. The van der Waals surface area contributed by atoms with Crippen molar-refractivity contribution in [3.63, 3.8) is 0 Å². The van der Waals surface area contributed by atoms with Crippen LogP contribution in [-0.4, -0.2) is 80.2 Å². The maximum atomic E-state index is 14.4. The van der Waals surface area contributed by atoms with E-state index >= 15 is 0 Å². The predicted molar refractivity (Wildman–Crippen MR) is 180 cm³/mol. The van der Waals surface area contributed by atoms with Crippen molar-refractivity contribution in [3.05, 3.63) is 101 Å². The molecular weight excluding hydrogens is 602 g/mol. The first-order valence-electron chi connectivity index (χ1n) is 15.8. The Balaban J connectivity index is 1.66. The Morgan fingerprint density at radius 3 is 2.17 bits per heavy atom. The average Bonchev–Trinajstić information content (AvgIpc) is 3.04. The molecule has 0 aliphatic carbocycles.